The number of rotatable bonds is 10. The SMILES string of the molecule is CCNC(=NCc1ccc(N2CCC(CO)CC2)cc1)NCC1(CCOC)CCC1.I. The topological polar surface area (TPSA) is 69.1 Å². The van der Waals surface area contributed by atoms with Crippen LogP contribution in [-0.4, -0.2) is 57.6 Å². The van der Waals surface area contributed by atoms with E-state index in [0.29, 0.717) is 24.5 Å². The van der Waals surface area contributed by atoms with Gasteiger partial charge < -0.3 is 25.4 Å². The normalized spacial score (nSPS) is 18.8. The van der Waals surface area contributed by atoms with E-state index in [1.807, 2.05) is 0 Å². The van der Waals surface area contributed by atoms with Crippen molar-refractivity contribution >= 4 is 35.6 Å². The minimum Gasteiger partial charge on any atom is -0.396 e. The maximum absolute atomic E-state index is 9.32. The standard InChI is InChI=1S/C24H40N4O2.HI/c1-3-25-23(27-19-24(11-4-12-24)13-16-30-2)26-17-20-5-7-22(8-6-20)28-14-9-21(18-29)10-15-28;/h5-8,21,29H,3-4,9-19H2,1-2H3,(H2,25,26,27);1H. The third kappa shape index (κ3) is 7.79. The van der Waals surface area contributed by atoms with Gasteiger partial charge in [-0.15, -0.1) is 24.0 Å². The first kappa shape index (κ1) is 26.2. The summed E-state index contributed by atoms with van der Waals surface area (Å²) in [7, 11) is 1.79. The number of aliphatic imine (C=N–C) groups is 1. The average Bonchev–Trinajstić information content (AvgIpc) is 2.77. The lowest BCUT2D eigenvalue weighted by atomic mass is 9.67. The molecule has 31 heavy (non-hydrogen) atoms. The summed E-state index contributed by atoms with van der Waals surface area (Å²) in [6.45, 7) is 7.82. The summed E-state index contributed by atoms with van der Waals surface area (Å²) < 4.78 is 5.31. The Kier molecular flexibility index (Phi) is 11.4. The van der Waals surface area contributed by atoms with E-state index in [2.05, 4.69) is 46.7 Å². The number of ether oxygens (including phenoxy) is 1. The number of benzene rings is 1. The van der Waals surface area contributed by atoms with E-state index in [9.17, 15) is 5.11 Å². The maximum atomic E-state index is 9.32. The molecule has 3 N–H and O–H groups in total. The number of hydrogen-bond acceptors (Lipinski definition) is 4. The van der Waals surface area contributed by atoms with Crippen LogP contribution in [0.25, 0.3) is 0 Å². The number of nitrogens with one attached hydrogen (secondary N) is 2. The van der Waals surface area contributed by atoms with E-state index >= 15 is 0 Å². The fraction of sp³-hybridized carbons (Fsp3) is 0.708. The van der Waals surface area contributed by atoms with Crippen LogP contribution in [0.1, 0.15) is 51.0 Å². The van der Waals surface area contributed by atoms with Crippen LogP contribution in [0.2, 0.25) is 0 Å². The number of piperidine rings is 1. The van der Waals surface area contributed by atoms with Crippen molar-refractivity contribution in [1.82, 2.24) is 10.6 Å². The van der Waals surface area contributed by atoms with E-state index in [0.717, 1.165) is 58.0 Å². The first-order valence-electron chi connectivity index (χ1n) is 11.6. The Morgan fingerprint density at radius 2 is 1.90 bits per heavy atom. The largest absolute Gasteiger partial charge is 0.396 e. The zero-order chi connectivity index (χ0) is 21.2. The second-order valence-electron chi connectivity index (χ2n) is 8.92. The summed E-state index contributed by atoms with van der Waals surface area (Å²) in [5.41, 5.74) is 2.87. The highest BCUT2D eigenvalue weighted by atomic mass is 127. The van der Waals surface area contributed by atoms with Crippen LogP contribution in [-0.2, 0) is 11.3 Å². The quantitative estimate of drug-likeness (QED) is 0.238. The van der Waals surface area contributed by atoms with Crippen LogP contribution >= 0.6 is 24.0 Å². The Bertz CT molecular complexity index is 656. The van der Waals surface area contributed by atoms with Crippen LogP contribution in [0, 0.1) is 11.3 Å². The fourth-order valence-corrected chi connectivity index (χ4v) is 4.48. The highest BCUT2D eigenvalue weighted by Gasteiger charge is 2.36. The maximum Gasteiger partial charge on any atom is 0.191 e. The number of aliphatic hydroxyl groups excluding tert-OH is 1. The minimum absolute atomic E-state index is 0. The molecule has 0 amide bonds. The molecule has 1 aliphatic carbocycles. The molecular formula is C24H41IN4O2. The van der Waals surface area contributed by atoms with Gasteiger partial charge in [-0.05, 0) is 68.1 Å². The van der Waals surface area contributed by atoms with Crippen LogP contribution in [0.3, 0.4) is 0 Å². The summed E-state index contributed by atoms with van der Waals surface area (Å²) in [5.74, 6) is 1.37. The molecule has 1 heterocycles. The molecule has 0 spiro atoms. The molecular weight excluding hydrogens is 503 g/mol. The van der Waals surface area contributed by atoms with Crippen molar-refractivity contribution in [2.45, 2.75) is 52.0 Å². The average molecular weight is 545 g/mol. The summed E-state index contributed by atoms with van der Waals surface area (Å²) in [6.07, 6.45) is 7.15. The smallest absolute Gasteiger partial charge is 0.191 e. The van der Waals surface area contributed by atoms with Crippen molar-refractivity contribution in [2.24, 2.45) is 16.3 Å². The Hall–Kier alpha value is -1.06. The first-order valence-corrected chi connectivity index (χ1v) is 11.6. The molecule has 3 rings (SSSR count). The fourth-order valence-electron chi connectivity index (χ4n) is 4.48. The summed E-state index contributed by atoms with van der Waals surface area (Å²) >= 11 is 0. The van der Waals surface area contributed by atoms with E-state index in [-0.39, 0.29) is 24.0 Å². The third-order valence-electron chi connectivity index (χ3n) is 6.82. The Morgan fingerprint density at radius 1 is 1.19 bits per heavy atom. The molecule has 7 heteroatoms. The molecule has 0 atom stereocenters. The molecule has 176 valence electrons. The highest BCUT2D eigenvalue weighted by molar-refractivity contribution is 14.0. The first-order chi connectivity index (χ1) is 14.7. The van der Waals surface area contributed by atoms with Crippen LogP contribution in [0.4, 0.5) is 5.69 Å². The second-order valence-corrected chi connectivity index (χ2v) is 8.92. The molecule has 1 aromatic rings. The lowest BCUT2D eigenvalue weighted by molar-refractivity contribution is 0.0732. The number of halogens is 1. The number of anilines is 1. The van der Waals surface area contributed by atoms with Gasteiger partial charge in [-0.3, -0.25) is 0 Å². The van der Waals surface area contributed by atoms with Gasteiger partial charge in [0.2, 0.25) is 0 Å². The molecule has 1 aliphatic heterocycles. The molecule has 2 fully saturated rings. The highest BCUT2D eigenvalue weighted by Crippen LogP contribution is 2.43. The van der Waals surface area contributed by atoms with Gasteiger partial charge in [0.15, 0.2) is 5.96 Å². The molecule has 1 saturated heterocycles. The summed E-state index contributed by atoms with van der Waals surface area (Å²) in [6, 6.07) is 8.79. The van der Waals surface area contributed by atoms with Crippen molar-refractivity contribution in [3.63, 3.8) is 0 Å². The van der Waals surface area contributed by atoms with Crippen molar-refractivity contribution in [3.8, 4) is 0 Å². The van der Waals surface area contributed by atoms with Crippen molar-refractivity contribution < 1.29 is 9.84 Å². The molecule has 1 aromatic carbocycles. The van der Waals surface area contributed by atoms with E-state index < -0.39 is 0 Å². The number of hydrogen-bond donors (Lipinski definition) is 3. The van der Waals surface area contributed by atoms with Crippen molar-refractivity contribution in [1.29, 1.82) is 0 Å². The Morgan fingerprint density at radius 3 is 2.45 bits per heavy atom. The summed E-state index contributed by atoms with van der Waals surface area (Å²) in [5, 5.41) is 16.3. The van der Waals surface area contributed by atoms with Gasteiger partial charge in [-0.1, -0.05) is 18.6 Å². The Labute approximate surface area is 205 Å². The van der Waals surface area contributed by atoms with Gasteiger partial charge in [-0.25, -0.2) is 4.99 Å². The molecule has 1 saturated carbocycles. The van der Waals surface area contributed by atoms with Gasteiger partial charge in [0.05, 0.1) is 6.54 Å². The number of nitrogens with zero attached hydrogens (tertiary/aromatic N) is 2. The lowest BCUT2D eigenvalue weighted by Crippen LogP contribution is -2.46. The molecule has 0 unspecified atom stereocenters. The molecule has 0 aromatic heterocycles. The van der Waals surface area contributed by atoms with Gasteiger partial charge in [0, 0.05) is 52.2 Å². The van der Waals surface area contributed by atoms with E-state index in [1.54, 1.807) is 7.11 Å². The molecule has 2 aliphatic rings. The molecule has 0 radical (unpaired) electrons. The number of aliphatic hydroxyl groups is 1. The predicted octanol–water partition coefficient (Wildman–Crippen LogP) is 3.78. The van der Waals surface area contributed by atoms with Crippen molar-refractivity contribution in [3.05, 3.63) is 29.8 Å². The molecule has 0 bridgehead atoms. The third-order valence-corrected chi connectivity index (χ3v) is 6.82. The van der Waals surface area contributed by atoms with Gasteiger partial charge in [0.25, 0.3) is 0 Å². The number of guanidine groups is 1. The predicted molar refractivity (Wildman–Crippen MR) is 139 cm³/mol. The minimum atomic E-state index is 0. The van der Waals surface area contributed by atoms with Crippen molar-refractivity contribution in [2.75, 3.05) is 51.4 Å². The zero-order valence-electron chi connectivity index (χ0n) is 19.2. The number of methoxy groups -OCH3 is 1. The second kappa shape index (κ2) is 13.5. The van der Waals surface area contributed by atoms with Gasteiger partial charge >= 0.3 is 0 Å². The zero-order valence-corrected chi connectivity index (χ0v) is 21.6. The Balaban J connectivity index is 0.00000341. The molecule has 6 nitrogen and oxygen atoms in total. The monoisotopic (exact) mass is 544 g/mol. The van der Waals surface area contributed by atoms with Gasteiger partial charge in [0.1, 0.15) is 0 Å². The lowest BCUT2D eigenvalue weighted by Gasteiger charge is -2.42. The van der Waals surface area contributed by atoms with E-state index in [4.69, 9.17) is 9.73 Å². The summed E-state index contributed by atoms with van der Waals surface area (Å²) in [4.78, 5) is 7.23. The van der Waals surface area contributed by atoms with Crippen LogP contribution in [0.15, 0.2) is 29.3 Å². The van der Waals surface area contributed by atoms with Crippen LogP contribution < -0.4 is 15.5 Å². The van der Waals surface area contributed by atoms with Gasteiger partial charge in [-0.2, -0.15) is 0 Å². The van der Waals surface area contributed by atoms with Crippen LogP contribution in [0.5, 0.6) is 0 Å². The van der Waals surface area contributed by atoms with E-state index in [1.165, 1.54) is 30.5 Å².